The molecule has 20 N–H and O–H groups in total. The third-order valence-electron chi connectivity index (χ3n) is 6.43. The molecule has 0 atom stereocenters. The molecule has 372 valence electrons. The van der Waals surface area contributed by atoms with Gasteiger partial charge in [0.15, 0.2) is 28.0 Å². The third-order valence-corrected chi connectivity index (χ3v) is 6.43. The van der Waals surface area contributed by atoms with Gasteiger partial charge in [-0.2, -0.15) is 0 Å². The van der Waals surface area contributed by atoms with Crippen LogP contribution in [0.3, 0.4) is 0 Å². The molecule has 36 heteroatoms. The SMILES string of the molecule is O=C(O)CC(O)(CC(=O)O)C(=O)O.O=C(O)CC(O)(CC(=O)O)C(=O)O.O=C(O)CC(O)(CC(=O)O)C(=O)O.O=C(O)CC(O)(CC(=O)O)C(=O)O.O=C(O)CC(O)(CC(=O)O)C(=O)O.[NaH]. The molecule has 0 aromatic carbocycles. The van der Waals surface area contributed by atoms with Crippen molar-refractivity contribution in [3.8, 4) is 0 Å². The Bertz CT molecular complexity index is 1450. The first-order valence-corrected chi connectivity index (χ1v) is 15.9. The molecule has 0 aliphatic carbocycles. The van der Waals surface area contributed by atoms with Gasteiger partial charge in [0.05, 0.1) is 64.2 Å². The maximum absolute atomic E-state index is 10.3. The van der Waals surface area contributed by atoms with Crippen LogP contribution in [0.2, 0.25) is 0 Å². The summed E-state index contributed by atoms with van der Waals surface area (Å²) < 4.78 is 0. The Morgan fingerprint density at radius 3 is 0.288 bits per heavy atom. The van der Waals surface area contributed by atoms with E-state index in [-0.39, 0.29) is 29.6 Å². The first kappa shape index (κ1) is 70.5. The molecule has 0 aliphatic heterocycles. The summed E-state index contributed by atoms with van der Waals surface area (Å²) in [5.74, 6) is -25.1. The predicted octanol–water partition coefficient (Wildman–Crippen LogP) is -6.89. The summed E-state index contributed by atoms with van der Waals surface area (Å²) in [6.07, 6.45) is -11.4. The van der Waals surface area contributed by atoms with Gasteiger partial charge in [0.1, 0.15) is 0 Å². The van der Waals surface area contributed by atoms with E-state index in [2.05, 4.69) is 0 Å². The summed E-state index contributed by atoms with van der Waals surface area (Å²) in [7, 11) is 0. The van der Waals surface area contributed by atoms with Gasteiger partial charge >= 0.3 is 119 Å². The quantitative estimate of drug-likeness (QED) is 0.0378. The molecule has 0 aromatic heterocycles. The van der Waals surface area contributed by atoms with E-state index in [1.54, 1.807) is 0 Å². The average Bonchev–Trinajstić information content (AvgIpc) is 3.01. The van der Waals surface area contributed by atoms with Crippen LogP contribution in [0.1, 0.15) is 64.2 Å². The summed E-state index contributed by atoms with van der Waals surface area (Å²) in [6.45, 7) is 0. The molecule has 0 aromatic rings. The number of carbonyl (C=O) groups is 15. The van der Waals surface area contributed by atoms with Crippen molar-refractivity contribution in [3.05, 3.63) is 0 Å². The van der Waals surface area contributed by atoms with E-state index in [9.17, 15) is 71.9 Å². The van der Waals surface area contributed by atoms with Gasteiger partial charge in [0.25, 0.3) is 0 Å². The van der Waals surface area contributed by atoms with Crippen molar-refractivity contribution in [2.45, 2.75) is 92.2 Å². The first-order chi connectivity index (χ1) is 28.9. The van der Waals surface area contributed by atoms with Crippen molar-refractivity contribution in [1.29, 1.82) is 0 Å². The first-order valence-electron chi connectivity index (χ1n) is 15.9. The molecular weight excluding hydrogens is 943 g/mol. The molecule has 0 aliphatic rings. The fourth-order valence-electron chi connectivity index (χ4n) is 3.57. The van der Waals surface area contributed by atoms with Crippen LogP contribution >= 0.6 is 0 Å². The summed E-state index contributed by atoms with van der Waals surface area (Å²) in [5.41, 5.74) is -13.7. The van der Waals surface area contributed by atoms with Gasteiger partial charge in [-0.25, -0.2) is 24.0 Å². The Hall–Kier alpha value is -7.15. The molecule has 0 bridgehead atoms. The molecular formula is C30H41NaO35. The maximum atomic E-state index is 10.3. The van der Waals surface area contributed by atoms with Crippen LogP contribution in [-0.4, -0.2) is 249 Å². The van der Waals surface area contributed by atoms with E-state index >= 15 is 0 Å². The molecule has 66 heavy (non-hydrogen) atoms. The number of carboxylic acid groups (broad SMARTS) is 15. The van der Waals surface area contributed by atoms with E-state index in [1.165, 1.54) is 0 Å². The molecule has 0 saturated heterocycles. The summed E-state index contributed by atoms with van der Waals surface area (Å²) in [4.78, 5) is 152. The molecule has 0 saturated carbocycles. The Labute approximate surface area is 384 Å². The van der Waals surface area contributed by atoms with Gasteiger partial charge < -0.3 is 102 Å². The van der Waals surface area contributed by atoms with Crippen molar-refractivity contribution in [1.82, 2.24) is 0 Å². The van der Waals surface area contributed by atoms with Gasteiger partial charge in [-0.15, -0.1) is 0 Å². The summed E-state index contributed by atoms with van der Waals surface area (Å²) in [6, 6.07) is 0. The van der Waals surface area contributed by atoms with E-state index in [4.69, 9.17) is 102 Å². The number of carboxylic acids is 15. The minimum atomic E-state index is -2.74. The zero-order valence-corrected chi connectivity index (χ0v) is 32.1. The van der Waals surface area contributed by atoms with Gasteiger partial charge in [0.2, 0.25) is 0 Å². The minimum absolute atomic E-state index is 0. The predicted molar refractivity (Wildman–Crippen MR) is 193 cm³/mol. The molecule has 0 spiro atoms. The van der Waals surface area contributed by atoms with Gasteiger partial charge in [-0.05, 0) is 0 Å². The van der Waals surface area contributed by atoms with Crippen LogP contribution in [0.4, 0.5) is 0 Å². The van der Waals surface area contributed by atoms with Crippen LogP contribution < -0.4 is 0 Å². The average molecular weight is 985 g/mol. The topological polar surface area (TPSA) is 661 Å². The number of rotatable bonds is 25. The zero-order chi connectivity index (χ0) is 53.2. The monoisotopic (exact) mass is 984 g/mol. The standard InChI is InChI=1S/5C6H8O7.Na.H/c5*7-3(8)1-6(13,5(11)12)2-4(9)10;;/h5*13H,1-2H2,(H,7,8)(H,9,10)(H,11,12);;. The van der Waals surface area contributed by atoms with E-state index in [1.807, 2.05) is 0 Å². The van der Waals surface area contributed by atoms with Crippen LogP contribution in [0, 0.1) is 0 Å². The van der Waals surface area contributed by atoms with Crippen molar-refractivity contribution in [2.75, 3.05) is 0 Å². The van der Waals surface area contributed by atoms with Crippen molar-refractivity contribution >= 4 is 119 Å². The van der Waals surface area contributed by atoms with Gasteiger partial charge in [-0.1, -0.05) is 0 Å². The number of aliphatic hydroxyl groups is 5. The Morgan fingerprint density at radius 2 is 0.258 bits per heavy atom. The Balaban J connectivity index is -0.000000170. The molecule has 0 radical (unpaired) electrons. The zero-order valence-electron chi connectivity index (χ0n) is 32.1. The fourth-order valence-corrected chi connectivity index (χ4v) is 3.57. The van der Waals surface area contributed by atoms with E-state index in [0.29, 0.717) is 0 Å². The van der Waals surface area contributed by atoms with Gasteiger partial charge in [-0.3, -0.25) is 47.9 Å². The summed E-state index contributed by atoms with van der Waals surface area (Å²) in [5, 5.41) is 169. The van der Waals surface area contributed by atoms with E-state index < -0.39 is 182 Å². The molecule has 0 heterocycles. The van der Waals surface area contributed by atoms with Crippen LogP contribution in [0.15, 0.2) is 0 Å². The number of hydrogen-bond donors (Lipinski definition) is 20. The van der Waals surface area contributed by atoms with Crippen LogP contribution in [0.25, 0.3) is 0 Å². The fraction of sp³-hybridized carbons (Fsp3) is 0.500. The molecule has 0 rings (SSSR count). The molecule has 35 nitrogen and oxygen atoms in total. The second kappa shape index (κ2) is 30.8. The van der Waals surface area contributed by atoms with Crippen LogP contribution in [0.5, 0.6) is 0 Å². The van der Waals surface area contributed by atoms with Gasteiger partial charge in [0, 0.05) is 0 Å². The molecule has 0 unspecified atom stereocenters. The molecule has 0 amide bonds. The third kappa shape index (κ3) is 33.4. The van der Waals surface area contributed by atoms with E-state index in [0.717, 1.165) is 0 Å². The number of hydrogen-bond acceptors (Lipinski definition) is 20. The van der Waals surface area contributed by atoms with Crippen molar-refractivity contribution < 1.29 is 174 Å². The number of aliphatic carboxylic acids is 15. The Morgan fingerprint density at radius 1 is 0.197 bits per heavy atom. The molecule has 0 fully saturated rings. The second-order valence-electron chi connectivity index (χ2n) is 12.4. The van der Waals surface area contributed by atoms with Crippen molar-refractivity contribution in [3.63, 3.8) is 0 Å². The Kier molecular flexibility index (Phi) is 33.0. The summed E-state index contributed by atoms with van der Waals surface area (Å²) >= 11 is 0. The normalized spacial score (nSPS) is 10.7. The van der Waals surface area contributed by atoms with Crippen molar-refractivity contribution in [2.24, 2.45) is 0 Å². The van der Waals surface area contributed by atoms with Crippen LogP contribution in [-0.2, 0) is 71.9 Å². The second-order valence-corrected chi connectivity index (χ2v) is 12.4.